The molecule has 1 aliphatic heterocycles. The topological polar surface area (TPSA) is 75.1 Å². The number of rotatable bonds is 5. The van der Waals surface area contributed by atoms with Gasteiger partial charge in [-0.1, -0.05) is 19.1 Å². The van der Waals surface area contributed by atoms with Crippen LogP contribution in [0.4, 0.5) is 4.79 Å². The van der Waals surface area contributed by atoms with Crippen molar-refractivity contribution >= 4 is 6.03 Å². The van der Waals surface area contributed by atoms with Crippen molar-refractivity contribution in [2.24, 2.45) is 0 Å². The number of urea groups is 1. The number of nitrogens with one attached hydrogen (secondary N) is 2. The minimum Gasteiger partial charge on any atom is -0.336 e. The highest BCUT2D eigenvalue weighted by atomic mass is 16.2. The van der Waals surface area contributed by atoms with E-state index in [1.165, 1.54) is 0 Å². The second kappa shape index (κ2) is 7.58. The van der Waals surface area contributed by atoms with E-state index in [-0.39, 0.29) is 12.1 Å². The van der Waals surface area contributed by atoms with Crippen LogP contribution in [0.5, 0.6) is 0 Å². The number of aromatic nitrogens is 3. The zero-order valence-corrected chi connectivity index (χ0v) is 14.0. The number of carbonyl (C=O) groups excluding carboxylic acids is 1. The van der Waals surface area contributed by atoms with E-state index in [4.69, 9.17) is 0 Å². The highest BCUT2D eigenvalue weighted by molar-refractivity contribution is 5.74. The van der Waals surface area contributed by atoms with E-state index >= 15 is 0 Å². The van der Waals surface area contributed by atoms with E-state index in [0.717, 1.165) is 38.2 Å². The number of carbonyl (C=O) groups is 1. The lowest BCUT2D eigenvalue weighted by atomic mass is 10.1. The summed E-state index contributed by atoms with van der Waals surface area (Å²) in [5.74, 6) is 0. The van der Waals surface area contributed by atoms with Crippen molar-refractivity contribution in [1.82, 2.24) is 30.5 Å². The van der Waals surface area contributed by atoms with Crippen LogP contribution < -0.4 is 10.6 Å². The molecule has 0 aliphatic carbocycles. The normalized spacial score (nSPS) is 16.5. The molecule has 0 saturated carbocycles. The van der Waals surface area contributed by atoms with Crippen LogP contribution in [-0.2, 0) is 6.54 Å². The first-order valence-electron chi connectivity index (χ1n) is 8.15. The molecule has 1 aromatic rings. The molecule has 1 aromatic heterocycles. The van der Waals surface area contributed by atoms with Gasteiger partial charge >= 0.3 is 6.03 Å². The molecule has 124 valence electrons. The van der Waals surface area contributed by atoms with Crippen molar-refractivity contribution in [3.05, 3.63) is 11.9 Å². The van der Waals surface area contributed by atoms with E-state index in [1.54, 1.807) is 0 Å². The fourth-order valence-corrected chi connectivity index (χ4v) is 2.55. The minimum absolute atomic E-state index is 0.0360. The summed E-state index contributed by atoms with van der Waals surface area (Å²) in [6.07, 6.45) is 3.86. The van der Waals surface area contributed by atoms with Crippen LogP contribution in [0.25, 0.3) is 0 Å². The quantitative estimate of drug-likeness (QED) is 0.865. The number of hydrogen-bond acceptors (Lipinski definition) is 4. The van der Waals surface area contributed by atoms with Gasteiger partial charge in [0.1, 0.15) is 0 Å². The first-order chi connectivity index (χ1) is 10.5. The Morgan fingerprint density at radius 3 is 2.55 bits per heavy atom. The summed E-state index contributed by atoms with van der Waals surface area (Å²) in [5.41, 5.74) is 0.966. The number of amides is 2. The van der Waals surface area contributed by atoms with Crippen LogP contribution in [0, 0.1) is 0 Å². The number of nitrogens with zero attached hydrogens (tertiary/aromatic N) is 4. The van der Waals surface area contributed by atoms with Gasteiger partial charge in [-0.15, -0.1) is 5.10 Å². The van der Waals surface area contributed by atoms with Crippen LogP contribution in [0.2, 0.25) is 0 Å². The molecule has 0 atom stereocenters. The molecule has 0 bridgehead atoms. The van der Waals surface area contributed by atoms with Gasteiger partial charge in [-0.25, -0.2) is 9.48 Å². The zero-order chi connectivity index (χ0) is 16.1. The van der Waals surface area contributed by atoms with Crippen molar-refractivity contribution in [1.29, 1.82) is 0 Å². The summed E-state index contributed by atoms with van der Waals surface area (Å²) in [5, 5.41) is 14.7. The van der Waals surface area contributed by atoms with Crippen molar-refractivity contribution < 1.29 is 4.79 Å². The maximum atomic E-state index is 12.0. The molecule has 0 radical (unpaired) electrons. The minimum atomic E-state index is 0.0360. The Bertz CT molecular complexity index is 476. The van der Waals surface area contributed by atoms with Crippen LogP contribution in [0.3, 0.4) is 0 Å². The summed E-state index contributed by atoms with van der Waals surface area (Å²) in [7, 11) is 0. The molecule has 2 heterocycles. The number of piperidine rings is 1. The van der Waals surface area contributed by atoms with Crippen molar-refractivity contribution in [3.63, 3.8) is 0 Å². The summed E-state index contributed by atoms with van der Waals surface area (Å²) >= 11 is 0. The third-order valence-corrected chi connectivity index (χ3v) is 3.79. The molecule has 1 saturated heterocycles. The average molecular weight is 308 g/mol. The second-order valence-corrected chi connectivity index (χ2v) is 6.55. The number of likely N-dealkylation sites (tertiary alicyclic amines) is 1. The predicted octanol–water partition coefficient (Wildman–Crippen LogP) is 1.53. The average Bonchev–Trinajstić information content (AvgIpc) is 2.93. The van der Waals surface area contributed by atoms with Crippen LogP contribution in [0.15, 0.2) is 6.20 Å². The highest BCUT2D eigenvalue weighted by Gasteiger charge is 2.24. The third-order valence-electron chi connectivity index (χ3n) is 3.79. The molecular formula is C15H28N6O. The summed E-state index contributed by atoms with van der Waals surface area (Å²) in [6.45, 7) is 10.5. The van der Waals surface area contributed by atoms with Gasteiger partial charge in [0.25, 0.3) is 0 Å². The second-order valence-electron chi connectivity index (χ2n) is 6.55. The van der Waals surface area contributed by atoms with Gasteiger partial charge in [-0.3, -0.25) is 0 Å². The Labute approximate surface area is 132 Å². The monoisotopic (exact) mass is 308 g/mol. The Kier molecular flexibility index (Phi) is 5.76. The van der Waals surface area contributed by atoms with E-state index < -0.39 is 0 Å². The predicted molar refractivity (Wildman–Crippen MR) is 85.5 cm³/mol. The highest BCUT2D eigenvalue weighted by Crippen LogP contribution is 2.21. The lowest BCUT2D eigenvalue weighted by Crippen LogP contribution is -2.46. The SMILES string of the molecule is CC(C)NCc1cn(C2CCN(C(=O)NC(C)C)CC2)nn1. The molecule has 0 aromatic carbocycles. The lowest BCUT2D eigenvalue weighted by molar-refractivity contribution is 0.166. The first kappa shape index (κ1) is 16.7. The fraction of sp³-hybridized carbons (Fsp3) is 0.800. The molecule has 2 N–H and O–H groups in total. The Morgan fingerprint density at radius 2 is 1.95 bits per heavy atom. The molecule has 7 nitrogen and oxygen atoms in total. The lowest BCUT2D eigenvalue weighted by Gasteiger charge is -2.32. The number of hydrogen-bond donors (Lipinski definition) is 2. The maximum absolute atomic E-state index is 12.0. The standard InChI is InChI=1S/C15H28N6O/c1-11(2)16-9-13-10-21(19-18-13)14-5-7-20(8-6-14)15(22)17-12(3)4/h10-12,14,16H,5-9H2,1-4H3,(H,17,22). The largest absolute Gasteiger partial charge is 0.336 e. The van der Waals surface area contributed by atoms with Gasteiger partial charge in [0, 0.05) is 31.7 Å². The van der Waals surface area contributed by atoms with E-state index in [9.17, 15) is 4.79 Å². The van der Waals surface area contributed by atoms with Gasteiger partial charge in [-0.05, 0) is 26.7 Å². The van der Waals surface area contributed by atoms with E-state index in [1.807, 2.05) is 29.6 Å². The maximum Gasteiger partial charge on any atom is 0.317 e. The Balaban J connectivity index is 1.82. The fourth-order valence-electron chi connectivity index (χ4n) is 2.55. The van der Waals surface area contributed by atoms with E-state index in [0.29, 0.717) is 12.1 Å². The van der Waals surface area contributed by atoms with Gasteiger partial charge in [0.2, 0.25) is 0 Å². The van der Waals surface area contributed by atoms with Gasteiger partial charge in [0.15, 0.2) is 0 Å². The summed E-state index contributed by atoms with van der Waals surface area (Å²) < 4.78 is 1.95. The molecular weight excluding hydrogens is 280 g/mol. The van der Waals surface area contributed by atoms with Gasteiger partial charge < -0.3 is 15.5 Å². The van der Waals surface area contributed by atoms with Crippen molar-refractivity contribution in [2.75, 3.05) is 13.1 Å². The van der Waals surface area contributed by atoms with E-state index in [2.05, 4.69) is 34.8 Å². The molecule has 2 amide bonds. The van der Waals surface area contributed by atoms with Crippen LogP contribution in [-0.4, -0.2) is 51.1 Å². The summed E-state index contributed by atoms with van der Waals surface area (Å²) in [6, 6.07) is 0.988. The Morgan fingerprint density at radius 1 is 1.27 bits per heavy atom. The summed E-state index contributed by atoms with van der Waals surface area (Å²) in [4.78, 5) is 13.9. The third kappa shape index (κ3) is 4.69. The van der Waals surface area contributed by atoms with Gasteiger partial charge in [-0.2, -0.15) is 0 Å². The van der Waals surface area contributed by atoms with Crippen molar-refractivity contribution in [2.45, 2.75) is 65.2 Å². The molecule has 7 heteroatoms. The Hall–Kier alpha value is -1.63. The van der Waals surface area contributed by atoms with Gasteiger partial charge in [0.05, 0.1) is 17.9 Å². The van der Waals surface area contributed by atoms with Crippen molar-refractivity contribution in [3.8, 4) is 0 Å². The molecule has 0 spiro atoms. The molecule has 1 aliphatic rings. The first-order valence-corrected chi connectivity index (χ1v) is 8.15. The molecule has 2 rings (SSSR count). The van der Waals surface area contributed by atoms with Crippen LogP contribution >= 0.6 is 0 Å². The smallest absolute Gasteiger partial charge is 0.317 e. The molecule has 22 heavy (non-hydrogen) atoms. The molecule has 1 fully saturated rings. The van der Waals surface area contributed by atoms with Crippen LogP contribution in [0.1, 0.15) is 52.3 Å². The zero-order valence-electron chi connectivity index (χ0n) is 14.0. The molecule has 0 unspecified atom stereocenters.